The second-order valence-electron chi connectivity index (χ2n) is 7.10. The summed E-state index contributed by atoms with van der Waals surface area (Å²) in [6, 6.07) is 5.17. The fourth-order valence-electron chi connectivity index (χ4n) is 3.95. The van der Waals surface area contributed by atoms with Crippen molar-refractivity contribution >= 4 is 23.6 Å². The largest absolute Gasteiger partial charge is 0.412 e. The highest BCUT2D eigenvalue weighted by molar-refractivity contribution is 6.06. The van der Waals surface area contributed by atoms with Crippen LogP contribution in [0.4, 0.5) is 10.5 Å². The number of imide groups is 1. The average Bonchev–Trinajstić information content (AvgIpc) is 3.37. The van der Waals surface area contributed by atoms with Crippen LogP contribution in [0, 0.1) is 22.0 Å². The van der Waals surface area contributed by atoms with E-state index in [1.165, 1.54) is 29.2 Å². The number of nitrogens with one attached hydrogen (secondary N) is 1. The van der Waals surface area contributed by atoms with Crippen LogP contribution in [-0.4, -0.2) is 53.0 Å². The molecule has 0 aliphatic carbocycles. The van der Waals surface area contributed by atoms with Gasteiger partial charge in [-0.25, -0.2) is 4.79 Å². The van der Waals surface area contributed by atoms with Crippen molar-refractivity contribution < 1.29 is 28.8 Å². The summed E-state index contributed by atoms with van der Waals surface area (Å²) in [5.41, 5.74) is -0.0942. The van der Waals surface area contributed by atoms with Gasteiger partial charge in [0.15, 0.2) is 0 Å². The van der Waals surface area contributed by atoms with Crippen LogP contribution < -0.4 is 10.1 Å². The molecule has 0 aromatic heterocycles. The number of nitro groups is 1. The summed E-state index contributed by atoms with van der Waals surface area (Å²) in [6.45, 7) is 0.619. The van der Waals surface area contributed by atoms with Crippen molar-refractivity contribution in [3.05, 3.63) is 46.5 Å². The highest BCUT2D eigenvalue weighted by Gasteiger charge is 2.60. The summed E-state index contributed by atoms with van der Waals surface area (Å²) in [5, 5.41) is 13.2. The molecule has 1 N–H and O–H groups in total. The van der Waals surface area contributed by atoms with Crippen LogP contribution >= 0.6 is 0 Å². The summed E-state index contributed by atoms with van der Waals surface area (Å²) in [6.07, 6.45) is 3.55. The highest BCUT2D eigenvalue weighted by Crippen LogP contribution is 2.45. The van der Waals surface area contributed by atoms with Crippen LogP contribution in [0.2, 0.25) is 0 Å². The van der Waals surface area contributed by atoms with E-state index in [0.717, 1.165) is 0 Å². The molecule has 4 rings (SSSR count). The zero-order valence-corrected chi connectivity index (χ0v) is 15.4. The number of nitrogens with zero attached hydrogens (tertiary/aromatic N) is 2. The first kappa shape index (κ1) is 19.1. The Kier molecular flexibility index (Phi) is 5.01. The predicted octanol–water partition coefficient (Wildman–Crippen LogP) is 1.40. The number of hydrogen-bond acceptors (Lipinski definition) is 7. The van der Waals surface area contributed by atoms with Crippen molar-refractivity contribution in [3.8, 4) is 5.75 Å². The quantitative estimate of drug-likeness (QED) is 0.240. The highest BCUT2D eigenvalue weighted by atomic mass is 16.6. The second-order valence-corrected chi connectivity index (χ2v) is 7.10. The minimum atomic E-state index is -0.679. The van der Waals surface area contributed by atoms with Crippen LogP contribution in [0.5, 0.6) is 5.75 Å². The lowest BCUT2D eigenvalue weighted by Gasteiger charge is -2.17. The molecule has 152 valence electrons. The molecule has 3 aliphatic rings. The lowest BCUT2D eigenvalue weighted by molar-refractivity contribution is -0.384. The van der Waals surface area contributed by atoms with E-state index >= 15 is 0 Å². The summed E-state index contributed by atoms with van der Waals surface area (Å²) in [5.74, 6) is -0.956. The molecule has 2 fully saturated rings. The first-order chi connectivity index (χ1) is 14.0. The molecule has 2 saturated heterocycles. The molecule has 1 aromatic carbocycles. The number of non-ortho nitro benzene ring substituents is 1. The third kappa shape index (κ3) is 3.58. The summed E-state index contributed by atoms with van der Waals surface area (Å²) < 4.78 is 10.6. The van der Waals surface area contributed by atoms with Gasteiger partial charge >= 0.3 is 6.09 Å². The van der Waals surface area contributed by atoms with E-state index in [2.05, 4.69) is 5.32 Å². The fraction of sp³-hybridized carbons (Fsp3) is 0.421. The number of benzene rings is 1. The predicted molar refractivity (Wildman–Crippen MR) is 97.9 cm³/mol. The van der Waals surface area contributed by atoms with Gasteiger partial charge in [-0.1, -0.05) is 12.2 Å². The molecular weight excluding hydrogens is 382 g/mol. The number of likely N-dealkylation sites (tertiary alicyclic amines) is 1. The number of hydrogen-bond donors (Lipinski definition) is 1. The first-order valence-electron chi connectivity index (χ1n) is 9.35. The molecule has 29 heavy (non-hydrogen) atoms. The fourth-order valence-corrected chi connectivity index (χ4v) is 3.95. The lowest BCUT2D eigenvalue weighted by Crippen LogP contribution is -2.35. The topological polar surface area (TPSA) is 128 Å². The van der Waals surface area contributed by atoms with E-state index in [0.29, 0.717) is 25.9 Å². The minimum absolute atomic E-state index is 0.0942. The Balaban J connectivity index is 1.17. The molecule has 10 nitrogen and oxygen atoms in total. The summed E-state index contributed by atoms with van der Waals surface area (Å²) >= 11 is 0. The molecule has 4 unspecified atom stereocenters. The maximum Gasteiger partial charge on any atom is 0.412 e. The van der Waals surface area contributed by atoms with Crippen LogP contribution in [0.15, 0.2) is 36.4 Å². The SMILES string of the molecule is O=C(NCCCCN1C(=O)C2C3C=CC(O3)C2C1=O)Oc1ccc([N+](=O)[O-])cc1. The Morgan fingerprint density at radius 2 is 1.72 bits per heavy atom. The van der Waals surface area contributed by atoms with Gasteiger partial charge in [-0.3, -0.25) is 24.6 Å². The summed E-state index contributed by atoms with van der Waals surface area (Å²) in [7, 11) is 0. The van der Waals surface area contributed by atoms with Gasteiger partial charge in [0.2, 0.25) is 11.8 Å². The number of amides is 3. The zero-order valence-electron chi connectivity index (χ0n) is 15.4. The molecular formula is C19H19N3O7. The Bertz CT molecular complexity index is 852. The second kappa shape index (κ2) is 7.63. The van der Waals surface area contributed by atoms with Gasteiger partial charge in [0, 0.05) is 25.2 Å². The molecule has 4 atom stereocenters. The maximum atomic E-state index is 12.5. The third-order valence-corrected chi connectivity index (χ3v) is 5.34. The van der Waals surface area contributed by atoms with E-state index in [4.69, 9.17) is 9.47 Å². The number of carbonyl (C=O) groups is 3. The molecule has 10 heteroatoms. The van der Waals surface area contributed by atoms with Gasteiger partial charge in [-0.05, 0) is 25.0 Å². The number of unbranched alkanes of at least 4 members (excludes halogenated alkanes) is 1. The number of rotatable bonds is 7. The van der Waals surface area contributed by atoms with E-state index < -0.39 is 22.9 Å². The van der Waals surface area contributed by atoms with E-state index in [1.807, 2.05) is 12.2 Å². The van der Waals surface area contributed by atoms with Gasteiger partial charge in [0.1, 0.15) is 5.75 Å². The van der Waals surface area contributed by atoms with Crippen LogP contribution in [0.25, 0.3) is 0 Å². The van der Waals surface area contributed by atoms with Crippen molar-refractivity contribution in [2.24, 2.45) is 11.8 Å². The molecule has 0 saturated carbocycles. The number of nitro benzene ring substituents is 1. The number of fused-ring (bicyclic) bond motifs is 5. The van der Waals surface area contributed by atoms with Gasteiger partial charge < -0.3 is 14.8 Å². The number of carbonyl (C=O) groups excluding carboxylic acids is 3. The lowest BCUT2D eigenvalue weighted by atomic mass is 9.85. The van der Waals surface area contributed by atoms with Crippen LogP contribution in [-0.2, 0) is 14.3 Å². The Hall–Kier alpha value is -3.27. The van der Waals surface area contributed by atoms with Crippen LogP contribution in [0.1, 0.15) is 12.8 Å². The average molecular weight is 401 g/mol. The Labute approximate surface area is 165 Å². The molecule has 1 aromatic rings. The minimum Gasteiger partial charge on any atom is -0.410 e. The van der Waals surface area contributed by atoms with Crippen LogP contribution in [0.3, 0.4) is 0 Å². The Morgan fingerprint density at radius 1 is 1.10 bits per heavy atom. The zero-order chi connectivity index (χ0) is 20.5. The monoisotopic (exact) mass is 401 g/mol. The van der Waals surface area contributed by atoms with E-state index in [-0.39, 0.29) is 35.5 Å². The standard InChI is InChI=1S/C19H19N3O7/c23-17-15-13-7-8-14(29-13)16(15)18(24)21(17)10-2-1-9-20-19(25)28-12-5-3-11(4-6-12)22(26)27/h3-8,13-16H,1-2,9-10H2,(H,20,25). The van der Waals surface area contributed by atoms with E-state index in [9.17, 15) is 24.5 Å². The molecule has 0 radical (unpaired) electrons. The molecule has 0 spiro atoms. The van der Waals surface area contributed by atoms with Gasteiger partial charge in [0.05, 0.1) is 29.0 Å². The third-order valence-electron chi connectivity index (χ3n) is 5.34. The van der Waals surface area contributed by atoms with Crippen molar-refractivity contribution in [2.75, 3.05) is 13.1 Å². The smallest absolute Gasteiger partial charge is 0.410 e. The molecule has 3 aliphatic heterocycles. The molecule has 3 heterocycles. The van der Waals surface area contributed by atoms with Gasteiger partial charge in [-0.2, -0.15) is 0 Å². The van der Waals surface area contributed by atoms with Crippen molar-refractivity contribution in [2.45, 2.75) is 25.0 Å². The van der Waals surface area contributed by atoms with E-state index in [1.54, 1.807) is 0 Å². The number of ether oxygens (including phenoxy) is 2. The molecule has 2 bridgehead atoms. The van der Waals surface area contributed by atoms with Crippen molar-refractivity contribution in [3.63, 3.8) is 0 Å². The first-order valence-corrected chi connectivity index (χ1v) is 9.35. The summed E-state index contributed by atoms with van der Waals surface area (Å²) in [4.78, 5) is 48.1. The Morgan fingerprint density at radius 3 is 2.31 bits per heavy atom. The normalized spacial score (nSPS) is 26.7. The van der Waals surface area contributed by atoms with Crippen molar-refractivity contribution in [1.29, 1.82) is 0 Å². The van der Waals surface area contributed by atoms with Gasteiger partial charge in [0.25, 0.3) is 5.69 Å². The van der Waals surface area contributed by atoms with Crippen molar-refractivity contribution in [1.82, 2.24) is 10.2 Å². The maximum absolute atomic E-state index is 12.5. The molecule has 3 amide bonds. The van der Waals surface area contributed by atoms with Gasteiger partial charge in [-0.15, -0.1) is 0 Å².